The van der Waals surface area contributed by atoms with Gasteiger partial charge in [-0.2, -0.15) is 0 Å². The molecular weight excluding hydrogens is 262 g/mol. The lowest BCUT2D eigenvalue weighted by Crippen LogP contribution is -2.07. The third-order valence-corrected chi connectivity index (χ3v) is 3.35. The van der Waals surface area contributed by atoms with E-state index in [1.54, 1.807) is 25.4 Å². The summed E-state index contributed by atoms with van der Waals surface area (Å²) in [5, 5.41) is 11.0. The molecule has 0 aliphatic carbocycles. The summed E-state index contributed by atoms with van der Waals surface area (Å²) in [4.78, 5) is 4.16. The molecular formula is C15H16ClNO2. The molecule has 0 aliphatic rings. The number of aryl methyl sites for hydroxylation is 2. The van der Waals surface area contributed by atoms with Crippen molar-refractivity contribution in [2.75, 3.05) is 7.11 Å². The molecule has 1 N–H and O–H groups in total. The number of halogens is 1. The first-order valence-electron chi connectivity index (χ1n) is 5.98. The molecule has 0 bridgehead atoms. The predicted octanol–water partition coefficient (Wildman–Crippen LogP) is 3.44. The normalized spacial score (nSPS) is 12.3. The Balaban J connectivity index is 2.56. The van der Waals surface area contributed by atoms with E-state index in [9.17, 15) is 5.11 Å². The molecule has 0 radical (unpaired) electrons. The number of aliphatic hydroxyl groups is 1. The van der Waals surface area contributed by atoms with E-state index in [1.165, 1.54) is 0 Å². The summed E-state index contributed by atoms with van der Waals surface area (Å²) in [6, 6.07) is 7.33. The Labute approximate surface area is 117 Å². The number of hydrogen-bond acceptors (Lipinski definition) is 3. The van der Waals surface area contributed by atoms with Crippen molar-refractivity contribution in [1.29, 1.82) is 0 Å². The number of aromatic nitrogens is 1. The van der Waals surface area contributed by atoms with Crippen LogP contribution in [0.25, 0.3) is 0 Å². The van der Waals surface area contributed by atoms with Crippen LogP contribution in [0, 0.1) is 13.8 Å². The van der Waals surface area contributed by atoms with Gasteiger partial charge in [0.05, 0.1) is 17.8 Å². The van der Waals surface area contributed by atoms with Crippen molar-refractivity contribution in [2.24, 2.45) is 0 Å². The molecule has 100 valence electrons. The largest absolute Gasteiger partial charge is 0.496 e. The van der Waals surface area contributed by atoms with Gasteiger partial charge in [-0.15, -0.1) is 0 Å². The smallest absolute Gasteiger partial charge is 0.126 e. The summed E-state index contributed by atoms with van der Waals surface area (Å²) in [5.41, 5.74) is 3.17. The molecule has 1 aromatic carbocycles. The highest BCUT2D eigenvalue weighted by Crippen LogP contribution is 2.35. The van der Waals surface area contributed by atoms with E-state index in [0.717, 1.165) is 11.1 Å². The molecule has 1 heterocycles. The van der Waals surface area contributed by atoms with Crippen molar-refractivity contribution >= 4 is 11.6 Å². The first kappa shape index (κ1) is 13.8. The minimum Gasteiger partial charge on any atom is -0.496 e. The van der Waals surface area contributed by atoms with Gasteiger partial charge in [-0.3, -0.25) is 4.98 Å². The predicted molar refractivity (Wildman–Crippen MR) is 75.8 cm³/mol. The van der Waals surface area contributed by atoms with Crippen molar-refractivity contribution < 1.29 is 9.84 Å². The first-order valence-corrected chi connectivity index (χ1v) is 6.36. The Bertz CT molecular complexity index is 599. The molecule has 0 saturated carbocycles. The monoisotopic (exact) mass is 277 g/mol. The fourth-order valence-electron chi connectivity index (χ4n) is 2.19. The number of pyridine rings is 1. The van der Waals surface area contributed by atoms with E-state index >= 15 is 0 Å². The average molecular weight is 278 g/mol. The van der Waals surface area contributed by atoms with E-state index in [4.69, 9.17) is 16.3 Å². The molecule has 1 aromatic heterocycles. The fourth-order valence-corrected chi connectivity index (χ4v) is 2.42. The van der Waals surface area contributed by atoms with Crippen molar-refractivity contribution in [3.8, 4) is 5.75 Å². The maximum atomic E-state index is 10.5. The Morgan fingerprint density at radius 1 is 1.32 bits per heavy atom. The summed E-state index contributed by atoms with van der Waals surface area (Å²) >= 11 is 6.08. The van der Waals surface area contributed by atoms with Crippen molar-refractivity contribution in [1.82, 2.24) is 4.98 Å². The Morgan fingerprint density at radius 2 is 2.05 bits per heavy atom. The summed E-state index contributed by atoms with van der Waals surface area (Å²) in [7, 11) is 1.59. The van der Waals surface area contributed by atoms with Crippen LogP contribution >= 0.6 is 11.6 Å². The molecule has 0 aliphatic heterocycles. The zero-order valence-corrected chi connectivity index (χ0v) is 11.9. The Kier molecular flexibility index (Phi) is 4.08. The molecule has 2 aromatic rings. The minimum atomic E-state index is -0.899. The van der Waals surface area contributed by atoms with E-state index < -0.39 is 6.10 Å². The van der Waals surface area contributed by atoms with Gasteiger partial charge in [-0.25, -0.2) is 0 Å². The van der Waals surface area contributed by atoms with Crippen LogP contribution in [0.15, 0.2) is 30.5 Å². The second kappa shape index (κ2) is 5.59. The van der Waals surface area contributed by atoms with Gasteiger partial charge in [0.1, 0.15) is 11.9 Å². The van der Waals surface area contributed by atoms with E-state index in [0.29, 0.717) is 22.0 Å². The minimum absolute atomic E-state index is 0.439. The molecule has 0 fully saturated rings. The molecule has 2 rings (SSSR count). The van der Waals surface area contributed by atoms with Crippen LogP contribution in [0.1, 0.15) is 28.5 Å². The maximum Gasteiger partial charge on any atom is 0.126 e. The molecule has 1 unspecified atom stereocenters. The highest BCUT2D eigenvalue weighted by molar-refractivity contribution is 6.31. The fraction of sp³-hybridized carbons (Fsp3) is 0.267. The van der Waals surface area contributed by atoms with Gasteiger partial charge >= 0.3 is 0 Å². The molecule has 1 atom stereocenters. The van der Waals surface area contributed by atoms with Crippen LogP contribution in [0.5, 0.6) is 5.75 Å². The van der Waals surface area contributed by atoms with Crippen LogP contribution in [0.2, 0.25) is 5.02 Å². The van der Waals surface area contributed by atoms with Crippen LogP contribution in [-0.2, 0) is 0 Å². The van der Waals surface area contributed by atoms with Crippen LogP contribution in [-0.4, -0.2) is 17.2 Å². The second-order valence-electron chi connectivity index (χ2n) is 4.47. The number of rotatable bonds is 3. The zero-order chi connectivity index (χ0) is 14.0. The topological polar surface area (TPSA) is 42.4 Å². The second-order valence-corrected chi connectivity index (χ2v) is 4.88. The number of aliphatic hydroxyl groups excluding tert-OH is 1. The molecule has 0 saturated heterocycles. The van der Waals surface area contributed by atoms with Gasteiger partial charge < -0.3 is 9.84 Å². The quantitative estimate of drug-likeness (QED) is 0.934. The number of hydrogen-bond donors (Lipinski definition) is 1. The van der Waals surface area contributed by atoms with Gasteiger partial charge in [0.15, 0.2) is 0 Å². The first-order chi connectivity index (χ1) is 9.04. The third-order valence-electron chi connectivity index (χ3n) is 3.03. The molecule has 19 heavy (non-hydrogen) atoms. The van der Waals surface area contributed by atoms with Crippen LogP contribution < -0.4 is 4.74 Å². The van der Waals surface area contributed by atoms with E-state index in [-0.39, 0.29) is 0 Å². The van der Waals surface area contributed by atoms with Gasteiger partial charge in [-0.1, -0.05) is 17.7 Å². The van der Waals surface area contributed by atoms with Gasteiger partial charge in [-0.05, 0) is 43.2 Å². The number of ether oxygens (including phenoxy) is 1. The van der Waals surface area contributed by atoms with E-state index in [1.807, 2.05) is 26.0 Å². The number of nitrogens with zero attached hydrogens (tertiary/aromatic N) is 1. The third kappa shape index (κ3) is 2.72. The zero-order valence-electron chi connectivity index (χ0n) is 11.1. The Hall–Kier alpha value is -1.58. The highest BCUT2D eigenvalue weighted by atomic mass is 35.5. The van der Waals surface area contributed by atoms with Gasteiger partial charge in [0.25, 0.3) is 0 Å². The summed E-state index contributed by atoms with van der Waals surface area (Å²) in [6.07, 6.45) is 0.713. The maximum absolute atomic E-state index is 10.5. The van der Waals surface area contributed by atoms with Gasteiger partial charge in [0, 0.05) is 11.8 Å². The summed E-state index contributed by atoms with van der Waals surface area (Å²) in [6.45, 7) is 3.92. The number of methoxy groups -OCH3 is 1. The molecule has 0 amide bonds. The molecule has 0 spiro atoms. The van der Waals surface area contributed by atoms with Crippen molar-refractivity contribution in [3.63, 3.8) is 0 Å². The summed E-state index contributed by atoms with van der Waals surface area (Å²) in [5.74, 6) is 0.645. The Morgan fingerprint density at radius 3 is 2.68 bits per heavy atom. The standard InChI is InChI=1S/C15H16ClNO2/c1-9-7-10(2)13(12(8-9)19-3)15(18)14-11(16)5-4-6-17-14/h4-8,15,18H,1-3H3. The lowest BCUT2D eigenvalue weighted by Gasteiger charge is -2.18. The molecule has 4 heteroatoms. The van der Waals surface area contributed by atoms with E-state index in [2.05, 4.69) is 4.98 Å². The SMILES string of the molecule is COc1cc(C)cc(C)c1C(O)c1ncccc1Cl. The highest BCUT2D eigenvalue weighted by Gasteiger charge is 2.21. The lowest BCUT2D eigenvalue weighted by atomic mass is 9.97. The lowest BCUT2D eigenvalue weighted by molar-refractivity contribution is 0.209. The van der Waals surface area contributed by atoms with Crippen LogP contribution in [0.4, 0.5) is 0 Å². The van der Waals surface area contributed by atoms with Crippen LogP contribution in [0.3, 0.4) is 0 Å². The van der Waals surface area contributed by atoms with Gasteiger partial charge in [0.2, 0.25) is 0 Å². The van der Waals surface area contributed by atoms with Crippen molar-refractivity contribution in [3.05, 3.63) is 57.9 Å². The van der Waals surface area contributed by atoms with Crippen molar-refractivity contribution in [2.45, 2.75) is 20.0 Å². The molecule has 3 nitrogen and oxygen atoms in total. The summed E-state index contributed by atoms with van der Waals surface area (Å²) < 4.78 is 5.36. The number of benzene rings is 1. The average Bonchev–Trinajstić information content (AvgIpc) is 2.37.